The number of nitrogens with zero attached hydrogens (tertiary/aromatic N) is 3. The molecule has 6 heteroatoms. The Morgan fingerprint density at radius 2 is 2.14 bits per heavy atom. The number of benzene rings is 1. The number of rotatable bonds is 4. The van der Waals surface area contributed by atoms with Crippen LogP contribution in [0.2, 0.25) is 0 Å². The number of pyridine rings is 1. The Labute approximate surface area is 165 Å². The average Bonchev–Trinajstić information content (AvgIpc) is 2.61. The molecule has 2 heterocycles. The van der Waals surface area contributed by atoms with Crippen LogP contribution in [0.4, 0.5) is 15.9 Å². The number of hydrogen-bond donors (Lipinski definition) is 1. The number of anilines is 2. The van der Waals surface area contributed by atoms with E-state index in [2.05, 4.69) is 21.3 Å². The SMILES string of the molecule is CC(C)(C)CC(=O)Nc1nc2c(cc1F)N(Cc1cccc(C#N)c1)CCC2. The van der Waals surface area contributed by atoms with Gasteiger partial charge in [0.15, 0.2) is 11.6 Å². The zero-order valence-corrected chi connectivity index (χ0v) is 16.6. The van der Waals surface area contributed by atoms with Crippen LogP contribution in [0.1, 0.15) is 50.4 Å². The van der Waals surface area contributed by atoms with E-state index in [9.17, 15) is 9.18 Å². The molecule has 28 heavy (non-hydrogen) atoms. The third-order valence-electron chi connectivity index (χ3n) is 4.59. The molecule has 0 unspecified atom stereocenters. The molecule has 2 aromatic rings. The summed E-state index contributed by atoms with van der Waals surface area (Å²) in [7, 11) is 0. The fourth-order valence-corrected chi connectivity index (χ4v) is 3.40. The minimum atomic E-state index is -0.529. The van der Waals surface area contributed by atoms with E-state index in [1.807, 2.05) is 39.0 Å². The summed E-state index contributed by atoms with van der Waals surface area (Å²) < 4.78 is 14.7. The van der Waals surface area contributed by atoms with Gasteiger partial charge in [0, 0.05) is 25.6 Å². The highest BCUT2D eigenvalue weighted by Crippen LogP contribution is 2.31. The number of nitriles is 1. The summed E-state index contributed by atoms with van der Waals surface area (Å²) in [6.45, 7) is 7.26. The Kier molecular flexibility index (Phi) is 5.64. The fourth-order valence-electron chi connectivity index (χ4n) is 3.40. The lowest BCUT2D eigenvalue weighted by atomic mass is 9.92. The van der Waals surface area contributed by atoms with Crippen molar-refractivity contribution in [3.63, 3.8) is 0 Å². The van der Waals surface area contributed by atoms with Gasteiger partial charge >= 0.3 is 0 Å². The topological polar surface area (TPSA) is 69.0 Å². The largest absolute Gasteiger partial charge is 0.366 e. The van der Waals surface area contributed by atoms with Gasteiger partial charge in [-0.2, -0.15) is 5.26 Å². The smallest absolute Gasteiger partial charge is 0.226 e. The van der Waals surface area contributed by atoms with Crippen molar-refractivity contribution in [1.82, 2.24) is 4.98 Å². The molecule has 146 valence electrons. The maximum Gasteiger partial charge on any atom is 0.226 e. The molecule has 3 rings (SSSR count). The van der Waals surface area contributed by atoms with Crippen molar-refractivity contribution in [2.45, 2.75) is 46.6 Å². The van der Waals surface area contributed by atoms with E-state index in [4.69, 9.17) is 5.26 Å². The van der Waals surface area contributed by atoms with Crippen LogP contribution in [0.5, 0.6) is 0 Å². The average molecular weight is 380 g/mol. The summed E-state index contributed by atoms with van der Waals surface area (Å²) in [6, 6.07) is 11.0. The molecule has 1 N–H and O–H groups in total. The van der Waals surface area contributed by atoms with Gasteiger partial charge in [0.25, 0.3) is 0 Å². The van der Waals surface area contributed by atoms with Crippen molar-refractivity contribution in [3.05, 3.63) is 53.0 Å². The van der Waals surface area contributed by atoms with Gasteiger partial charge in [-0.05, 0) is 36.0 Å². The third-order valence-corrected chi connectivity index (χ3v) is 4.59. The number of carbonyl (C=O) groups is 1. The molecule has 0 saturated heterocycles. The summed E-state index contributed by atoms with van der Waals surface area (Å²) >= 11 is 0. The minimum absolute atomic E-state index is 0.00123. The normalized spacial score (nSPS) is 13.6. The van der Waals surface area contributed by atoms with Gasteiger partial charge in [-0.1, -0.05) is 32.9 Å². The summed E-state index contributed by atoms with van der Waals surface area (Å²) in [4.78, 5) is 18.6. The molecular weight excluding hydrogens is 355 g/mol. The Morgan fingerprint density at radius 1 is 1.36 bits per heavy atom. The number of aryl methyl sites for hydroxylation is 1. The second-order valence-electron chi connectivity index (χ2n) is 8.41. The number of carbonyl (C=O) groups excluding carboxylic acids is 1. The molecule has 5 nitrogen and oxygen atoms in total. The molecule has 0 radical (unpaired) electrons. The van der Waals surface area contributed by atoms with Gasteiger partial charge in [-0.25, -0.2) is 9.37 Å². The van der Waals surface area contributed by atoms with Crippen molar-refractivity contribution in [2.75, 3.05) is 16.8 Å². The van der Waals surface area contributed by atoms with E-state index in [1.54, 1.807) is 6.07 Å². The number of nitrogens with one attached hydrogen (secondary N) is 1. The molecular formula is C22H25FN4O. The monoisotopic (exact) mass is 380 g/mol. The number of amides is 1. The molecule has 0 fully saturated rings. The van der Waals surface area contributed by atoms with E-state index in [1.165, 1.54) is 6.07 Å². The molecule has 1 aromatic heterocycles. The van der Waals surface area contributed by atoms with Crippen molar-refractivity contribution in [2.24, 2.45) is 5.41 Å². The lowest BCUT2D eigenvalue weighted by molar-refractivity contribution is -0.117. The predicted octanol–water partition coefficient (Wildman–Crippen LogP) is 4.42. The maximum absolute atomic E-state index is 14.7. The zero-order chi connectivity index (χ0) is 20.3. The quantitative estimate of drug-likeness (QED) is 0.852. The Balaban J connectivity index is 1.81. The lowest BCUT2D eigenvalue weighted by Gasteiger charge is -2.31. The van der Waals surface area contributed by atoms with Gasteiger partial charge < -0.3 is 10.2 Å². The van der Waals surface area contributed by atoms with Gasteiger partial charge in [-0.15, -0.1) is 0 Å². The van der Waals surface area contributed by atoms with E-state index in [0.717, 1.165) is 36.3 Å². The maximum atomic E-state index is 14.7. The predicted molar refractivity (Wildman–Crippen MR) is 107 cm³/mol. The Morgan fingerprint density at radius 3 is 2.86 bits per heavy atom. The first-order valence-corrected chi connectivity index (χ1v) is 9.48. The van der Waals surface area contributed by atoms with E-state index in [0.29, 0.717) is 18.5 Å². The number of hydrogen-bond acceptors (Lipinski definition) is 4. The molecule has 1 aromatic carbocycles. The van der Waals surface area contributed by atoms with Crippen LogP contribution in [-0.2, 0) is 17.8 Å². The summed E-state index contributed by atoms with van der Waals surface area (Å²) in [5.41, 5.74) is 2.96. The number of fused-ring (bicyclic) bond motifs is 1. The Bertz CT molecular complexity index is 927. The fraction of sp³-hybridized carbons (Fsp3) is 0.409. The van der Waals surface area contributed by atoms with Crippen LogP contribution < -0.4 is 10.2 Å². The Hall–Kier alpha value is -2.94. The van der Waals surface area contributed by atoms with E-state index in [-0.39, 0.29) is 17.1 Å². The van der Waals surface area contributed by atoms with Crippen molar-refractivity contribution >= 4 is 17.4 Å². The highest BCUT2D eigenvalue weighted by molar-refractivity contribution is 5.90. The van der Waals surface area contributed by atoms with Crippen molar-refractivity contribution in [1.29, 1.82) is 5.26 Å². The van der Waals surface area contributed by atoms with Crippen molar-refractivity contribution < 1.29 is 9.18 Å². The number of halogens is 1. The van der Waals surface area contributed by atoms with Crippen LogP contribution in [0.15, 0.2) is 30.3 Å². The number of aromatic nitrogens is 1. The molecule has 0 aliphatic carbocycles. The molecule has 1 aliphatic heterocycles. The van der Waals surface area contributed by atoms with Crippen molar-refractivity contribution in [3.8, 4) is 6.07 Å². The molecule has 0 saturated carbocycles. The summed E-state index contributed by atoms with van der Waals surface area (Å²) in [5.74, 6) is -0.764. The van der Waals surface area contributed by atoms with Gasteiger partial charge in [-0.3, -0.25) is 4.79 Å². The highest BCUT2D eigenvalue weighted by atomic mass is 19.1. The van der Waals surface area contributed by atoms with Gasteiger partial charge in [0.05, 0.1) is 23.0 Å². The van der Waals surface area contributed by atoms with Crippen LogP contribution in [0.25, 0.3) is 0 Å². The van der Waals surface area contributed by atoms with Gasteiger partial charge in [0.2, 0.25) is 5.91 Å². The molecule has 1 amide bonds. The summed E-state index contributed by atoms with van der Waals surface area (Å²) in [5, 5.41) is 11.7. The van der Waals surface area contributed by atoms with Gasteiger partial charge in [0.1, 0.15) is 0 Å². The molecule has 1 aliphatic rings. The van der Waals surface area contributed by atoms with Crippen LogP contribution in [0, 0.1) is 22.6 Å². The first-order valence-electron chi connectivity index (χ1n) is 9.48. The highest BCUT2D eigenvalue weighted by Gasteiger charge is 2.23. The standard InChI is InChI=1S/C22H25FN4O/c1-22(2,3)12-20(28)26-21-17(23)11-19-18(25-21)8-5-9-27(19)14-16-7-4-6-15(10-16)13-24/h4,6-7,10-11H,5,8-9,12,14H2,1-3H3,(H,25,26,28). The van der Waals surface area contributed by atoms with E-state index < -0.39 is 5.82 Å². The van der Waals surface area contributed by atoms with Crippen LogP contribution in [0.3, 0.4) is 0 Å². The zero-order valence-electron chi connectivity index (χ0n) is 16.6. The van der Waals surface area contributed by atoms with Crippen LogP contribution in [-0.4, -0.2) is 17.4 Å². The molecule has 0 spiro atoms. The molecule has 0 bridgehead atoms. The third kappa shape index (κ3) is 4.86. The second-order valence-corrected chi connectivity index (χ2v) is 8.41. The first kappa shape index (κ1) is 19.8. The molecule has 0 atom stereocenters. The van der Waals surface area contributed by atoms with E-state index >= 15 is 0 Å². The minimum Gasteiger partial charge on any atom is -0.366 e. The summed E-state index contributed by atoms with van der Waals surface area (Å²) in [6.07, 6.45) is 1.94. The first-order chi connectivity index (χ1) is 13.2. The van der Waals surface area contributed by atoms with Crippen LogP contribution >= 0.6 is 0 Å². The second kappa shape index (κ2) is 7.97. The lowest BCUT2D eigenvalue weighted by Crippen LogP contribution is -2.30.